The van der Waals surface area contributed by atoms with E-state index in [1.807, 2.05) is 0 Å². The zero-order valence-electron chi connectivity index (χ0n) is 19.7. The standard InChI is InChI=1S/C26H22BrNO8/c1-10-6-17(29)21-16(22(10)30)9-14-12(19(21)15-7-11(27)8-18(35-2)23(15)31)4-5-13-20(14)25(33)28(24(13)32)26(34)36-3/h4,6-8,13-14,19-20,31H,5,9H2,1-3H3. The largest absolute Gasteiger partial charge is 0.504 e. The zero-order chi connectivity index (χ0) is 26.0. The van der Waals surface area contributed by atoms with Gasteiger partial charge >= 0.3 is 6.09 Å². The van der Waals surface area contributed by atoms with Gasteiger partial charge in [0.05, 0.1) is 26.1 Å². The van der Waals surface area contributed by atoms with E-state index < -0.39 is 41.6 Å². The molecule has 5 rings (SSSR count). The molecule has 1 aromatic rings. The summed E-state index contributed by atoms with van der Waals surface area (Å²) in [7, 11) is 2.49. The average Bonchev–Trinajstić information content (AvgIpc) is 3.11. The number of halogens is 1. The Balaban J connectivity index is 1.73. The maximum Gasteiger partial charge on any atom is 0.423 e. The van der Waals surface area contributed by atoms with Crippen molar-refractivity contribution in [1.82, 2.24) is 4.90 Å². The highest BCUT2D eigenvalue weighted by molar-refractivity contribution is 9.10. The number of Topliss-reactive ketones (excluding diaryl/α,β-unsaturated/α-hetero) is 1. The molecule has 3 aliphatic carbocycles. The molecule has 1 aliphatic heterocycles. The number of hydrogen-bond donors (Lipinski definition) is 1. The van der Waals surface area contributed by atoms with Crippen LogP contribution >= 0.6 is 15.9 Å². The third-order valence-electron chi connectivity index (χ3n) is 7.52. The predicted octanol–water partition coefficient (Wildman–Crippen LogP) is 3.36. The first kappa shape index (κ1) is 24.2. The van der Waals surface area contributed by atoms with Gasteiger partial charge in [0.15, 0.2) is 23.1 Å². The second-order valence-electron chi connectivity index (χ2n) is 9.26. The van der Waals surface area contributed by atoms with E-state index in [1.165, 1.54) is 13.2 Å². The average molecular weight is 556 g/mol. The van der Waals surface area contributed by atoms with Crippen molar-refractivity contribution in [3.8, 4) is 11.5 Å². The Morgan fingerprint density at radius 3 is 2.50 bits per heavy atom. The van der Waals surface area contributed by atoms with Gasteiger partial charge in [0, 0.05) is 32.7 Å². The number of allylic oxidation sites excluding steroid dienone is 6. The number of rotatable bonds is 2. The smallest absolute Gasteiger partial charge is 0.423 e. The van der Waals surface area contributed by atoms with Crippen molar-refractivity contribution < 1.29 is 38.6 Å². The molecule has 4 aliphatic rings. The van der Waals surface area contributed by atoms with Crippen LogP contribution in [0.2, 0.25) is 0 Å². The summed E-state index contributed by atoms with van der Waals surface area (Å²) >= 11 is 3.41. The number of imide groups is 3. The van der Waals surface area contributed by atoms with Gasteiger partial charge in [-0.3, -0.25) is 19.2 Å². The van der Waals surface area contributed by atoms with Gasteiger partial charge in [0.2, 0.25) is 11.8 Å². The molecular weight excluding hydrogens is 534 g/mol. The molecule has 0 bridgehead atoms. The first-order valence-electron chi connectivity index (χ1n) is 11.3. The lowest BCUT2D eigenvalue weighted by Gasteiger charge is -2.42. The summed E-state index contributed by atoms with van der Waals surface area (Å²) in [6, 6.07) is 3.22. The number of carbonyl (C=O) groups excluding carboxylic acids is 5. The summed E-state index contributed by atoms with van der Waals surface area (Å²) in [6.45, 7) is 1.55. The first-order valence-corrected chi connectivity index (χ1v) is 12.1. The lowest BCUT2D eigenvalue weighted by molar-refractivity contribution is -0.137. The fourth-order valence-electron chi connectivity index (χ4n) is 5.98. The number of benzene rings is 1. The summed E-state index contributed by atoms with van der Waals surface area (Å²) in [6.07, 6.45) is 2.26. The number of aromatic hydroxyl groups is 1. The van der Waals surface area contributed by atoms with Crippen molar-refractivity contribution in [1.29, 1.82) is 0 Å². The molecule has 1 aromatic carbocycles. The van der Waals surface area contributed by atoms with E-state index in [1.54, 1.807) is 25.1 Å². The fraction of sp³-hybridized carbons (Fsp3) is 0.346. The molecule has 1 saturated heterocycles. The van der Waals surface area contributed by atoms with Gasteiger partial charge in [-0.1, -0.05) is 27.6 Å². The number of nitrogens with zero attached hydrogens (tertiary/aromatic N) is 1. The highest BCUT2D eigenvalue weighted by Crippen LogP contribution is 2.57. The van der Waals surface area contributed by atoms with Crippen LogP contribution in [0.1, 0.15) is 31.2 Å². The van der Waals surface area contributed by atoms with Crippen LogP contribution in [0.25, 0.3) is 0 Å². The number of likely N-dealkylation sites (tertiary alicyclic amines) is 1. The topological polar surface area (TPSA) is 127 Å². The van der Waals surface area contributed by atoms with Crippen LogP contribution in [0, 0.1) is 17.8 Å². The number of phenolic OH excluding ortho intramolecular Hbond substituents is 1. The molecule has 3 amide bonds. The summed E-state index contributed by atoms with van der Waals surface area (Å²) < 4.78 is 10.5. The minimum absolute atomic E-state index is 0.0640. The maximum absolute atomic E-state index is 13.4. The van der Waals surface area contributed by atoms with E-state index in [9.17, 15) is 29.1 Å². The van der Waals surface area contributed by atoms with Crippen molar-refractivity contribution in [2.24, 2.45) is 17.8 Å². The lowest BCUT2D eigenvalue weighted by Crippen LogP contribution is -2.40. The van der Waals surface area contributed by atoms with Gasteiger partial charge in [0.1, 0.15) is 0 Å². The molecular formula is C26H22BrNO8. The Morgan fingerprint density at radius 2 is 1.83 bits per heavy atom. The number of ketones is 2. The van der Waals surface area contributed by atoms with Crippen LogP contribution in [0.4, 0.5) is 4.79 Å². The SMILES string of the molecule is COC(=O)N1C(=O)C2CC=C3C(c4cc(Br)cc(OC)c4O)C4=C(CC3C2C1=O)C(=O)C(C)=CC4=O. The van der Waals surface area contributed by atoms with Crippen LogP contribution in [-0.2, 0) is 23.9 Å². The molecule has 4 atom stereocenters. The van der Waals surface area contributed by atoms with Crippen molar-refractivity contribution >= 4 is 45.4 Å². The van der Waals surface area contributed by atoms with Crippen LogP contribution in [0.5, 0.6) is 11.5 Å². The monoisotopic (exact) mass is 555 g/mol. The number of fused-ring (bicyclic) bond motifs is 3. The van der Waals surface area contributed by atoms with Gasteiger partial charge < -0.3 is 14.6 Å². The molecule has 36 heavy (non-hydrogen) atoms. The molecule has 4 unspecified atom stereocenters. The quantitative estimate of drug-likeness (QED) is 0.334. The number of ether oxygens (including phenoxy) is 2. The van der Waals surface area contributed by atoms with Gasteiger partial charge in [-0.2, -0.15) is 4.90 Å². The van der Waals surface area contributed by atoms with Crippen molar-refractivity contribution in [2.45, 2.75) is 25.7 Å². The van der Waals surface area contributed by atoms with Crippen LogP contribution in [0.3, 0.4) is 0 Å². The van der Waals surface area contributed by atoms with Crippen molar-refractivity contribution in [2.75, 3.05) is 14.2 Å². The number of carbonyl (C=O) groups is 5. The molecule has 1 heterocycles. The van der Waals surface area contributed by atoms with Crippen LogP contribution in [-0.4, -0.2) is 53.7 Å². The van der Waals surface area contributed by atoms with E-state index in [0.717, 1.165) is 7.11 Å². The molecule has 0 saturated carbocycles. The number of phenols is 1. The van der Waals surface area contributed by atoms with Crippen LogP contribution in [0.15, 0.2) is 51.0 Å². The Kier molecular flexibility index (Phi) is 5.74. The molecule has 1 fully saturated rings. The van der Waals surface area contributed by atoms with Gasteiger partial charge in [-0.05, 0) is 43.9 Å². The minimum Gasteiger partial charge on any atom is -0.504 e. The van der Waals surface area contributed by atoms with Crippen LogP contribution < -0.4 is 4.74 Å². The zero-order valence-corrected chi connectivity index (χ0v) is 21.2. The molecule has 0 spiro atoms. The van der Waals surface area contributed by atoms with Gasteiger partial charge in [-0.15, -0.1) is 0 Å². The Bertz CT molecular complexity index is 1370. The van der Waals surface area contributed by atoms with E-state index in [4.69, 9.17) is 4.74 Å². The Morgan fingerprint density at radius 1 is 1.11 bits per heavy atom. The number of hydrogen-bond acceptors (Lipinski definition) is 8. The van der Waals surface area contributed by atoms with E-state index in [0.29, 0.717) is 20.5 Å². The molecule has 0 aromatic heterocycles. The van der Waals surface area contributed by atoms with Gasteiger partial charge in [-0.25, -0.2) is 4.79 Å². The summed E-state index contributed by atoms with van der Waals surface area (Å²) in [5, 5.41) is 11.1. The van der Waals surface area contributed by atoms with E-state index in [2.05, 4.69) is 20.7 Å². The van der Waals surface area contributed by atoms with Crippen molar-refractivity contribution in [3.05, 3.63) is 56.6 Å². The molecule has 186 valence electrons. The Hall–Kier alpha value is -3.53. The van der Waals surface area contributed by atoms with E-state index in [-0.39, 0.29) is 52.6 Å². The third-order valence-corrected chi connectivity index (χ3v) is 7.98. The normalized spacial score (nSPS) is 27.3. The summed E-state index contributed by atoms with van der Waals surface area (Å²) in [4.78, 5) is 65.6. The second-order valence-corrected chi connectivity index (χ2v) is 10.2. The predicted molar refractivity (Wildman–Crippen MR) is 128 cm³/mol. The van der Waals surface area contributed by atoms with E-state index >= 15 is 0 Å². The van der Waals surface area contributed by atoms with Crippen molar-refractivity contribution in [3.63, 3.8) is 0 Å². The first-order chi connectivity index (χ1) is 17.1. The molecule has 0 radical (unpaired) electrons. The maximum atomic E-state index is 13.4. The molecule has 9 nitrogen and oxygen atoms in total. The number of methoxy groups -OCH3 is 2. The highest BCUT2D eigenvalue weighted by Gasteiger charge is 2.58. The highest BCUT2D eigenvalue weighted by atomic mass is 79.9. The fourth-order valence-corrected chi connectivity index (χ4v) is 6.43. The molecule has 10 heteroatoms. The second kappa shape index (κ2) is 8.55. The minimum atomic E-state index is -1.05. The number of amides is 3. The lowest BCUT2D eigenvalue weighted by atomic mass is 9.59. The Labute approximate surface area is 214 Å². The summed E-state index contributed by atoms with van der Waals surface area (Å²) in [5.74, 6) is -5.20. The summed E-state index contributed by atoms with van der Waals surface area (Å²) in [5.41, 5.74) is 1.75. The third kappa shape index (κ3) is 3.31. The van der Waals surface area contributed by atoms with Gasteiger partial charge in [0.25, 0.3) is 0 Å². The molecule has 1 N–H and O–H groups in total.